The molecule has 1 N–H and O–H groups in total. The summed E-state index contributed by atoms with van der Waals surface area (Å²) in [5.74, 6) is -0.297. The minimum Gasteiger partial charge on any atom is -0.481 e. The zero-order chi connectivity index (χ0) is 17.3. The van der Waals surface area contributed by atoms with Crippen LogP contribution in [0.3, 0.4) is 0 Å². The van der Waals surface area contributed by atoms with Crippen molar-refractivity contribution in [1.82, 2.24) is 19.7 Å². The molecule has 1 saturated carbocycles. The molecule has 0 spiro atoms. The molecule has 1 amide bonds. The topological polar surface area (TPSA) is 88.3 Å². The lowest BCUT2D eigenvalue weighted by Crippen LogP contribution is -2.30. The van der Waals surface area contributed by atoms with E-state index in [1.54, 1.807) is 10.7 Å². The molecule has 3 rings (SSSR count). The van der Waals surface area contributed by atoms with Gasteiger partial charge in [0, 0.05) is 19.5 Å². The van der Waals surface area contributed by atoms with Gasteiger partial charge in [-0.15, -0.1) is 5.10 Å². The average Bonchev–Trinajstić information content (AvgIpc) is 3.31. The second kappa shape index (κ2) is 6.60. The molecule has 126 valence electrons. The fourth-order valence-corrected chi connectivity index (χ4v) is 2.57. The van der Waals surface area contributed by atoms with Gasteiger partial charge in [0.2, 0.25) is 5.82 Å². The number of halogens is 1. The number of carboxylic acid groups (broad SMARTS) is 1. The van der Waals surface area contributed by atoms with Gasteiger partial charge in [0.25, 0.3) is 5.91 Å². The van der Waals surface area contributed by atoms with Crippen LogP contribution in [0.1, 0.15) is 41.6 Å². The third kappa shape index (κ3) is 3.41. The van der Waals surface area contributed by atoms with Crippen LogP contribution in [0.15, 0.2) is 24.3 Å². The summed E-state index contributed by atoms with van der Waals surface area (Å²) in [4.78, 5) is 28.8. The van der Waals surface area contributed by atoms with E-state index in [0.717, 1.165) is 18.7 Å². The first-order valence-corrected chi connectivity index (χ1v) is 8.04. The average molecular weight is 349 g/mol. The number of hydrogen-bond acceptors (Lipinski definition) is 4. The van der Waals surface area contributed by atoms with E-state index in [-0.39, 0.29) is 24.7 Å². The van der Waals surface area contributed by atoms with Crippen LogP contribution in [0.5, 0.6) is 0 Å². The minimum atomic E-state index is -0.956. The summed E-state index contributed by atoms with van der Waals surface area (Å²) in [6.45, 7) is 0.105. The number of hydrogen-bond donors (Lipinski definition) is 1. The van der Waals surface area contributed by atoms with Crippen molar-refractivity contribution in [2.75, 3.05) is 13.6 Å². The highest BCUT2D eigenvalue weighted by atomic mass is 35.5. The van der Waals surface area contributed by atoms with E-state index in [1.807, 2.05) is 18.2 Å². The van der Waals surface area contributed by atoms with Crippen molar-refractivity contribution in [3.05, 3.63) is 40.9 Å². The molecular formula is C16H17ClN4O3. The highest BCUT2D eigenvalue weighted by molar-refractivity contribution is 6.32. The Balaban J connectivity index is 1.91. The minimum absolute atomic E-state index is 0.0599. The molecule has 0 aliphatic heterocycles. The van der Waals surface area contributed by atoms with Gasteiger partial charge in [-0.05, 0) is 25.0 Å². The van der Waals surface area contributed by atoms with Crippen molar-refractivity contribution >= 4 is 23.5 Å². The van der Waals surface area contributed by atoms with Crippen molar-refractivity contribution in [2.45, 2.75) is 25.2 Å². The number of carboxylic acids is 1. The molecule has 1 aromatic carbocycles. The van der Waals surface area contributed by atoms with Gasteiger partial charge in [-0.25, -0.2) is 9.67 Å². The van der Waals surface area contributed by atoms with Gasteiger partial charge in [-0.1, -0.05) is 23.7 Å². The monoisotopic (exact) mass is 348 g/mol. The summed E-state index contributed by atoms with van der Waals surface area (Å²) < 4.78 is 1.62. The van der Waals surface area contributed by atoms with E-state index in [4.69, 9.17) is 16.7 Å². The summed E-state index contributed by atoms with van der Waals surface area (Å²) >= 11 is 6.24. The van der Waals surface area contributed by atoms with E-state index < -0.39 is 11.9 Å². The number of carbonyl (C=O) groups excluding carboxylic acids is 1. The Hall–Kier alpha value is -2.41. The molecule has 1 aliphatic carbocycles. The Morgan fingerprint density at radius 1 is 1.38 bits per heavy atom. The van der Waals surface area contributed by atoms with Crippen LogP contribution < -0.4 is 0 Å². The molecule has 1 aromatic heterocycles. The van der Waals surface area contributed by atoms with Gasteiger partial charge >= 0.3 is 5.97 Å². The van der Waals surface area contributed by atoms with Crippen LogP contribution in [0.2, 0.25) is 5.02 Å². The zero-order valence-corrected chi connectivity index (χ0v) is 13.9. The summed E-state index contributed by atoms with van der Waals surface area (Å²) in [6, 6.07) is 7.26. The van der Waals surface area contributed by atoms with E-state index in [1.165, 1.54) is 11.9 Å². The number of benzene rings is 1. The van der Waals surface area contributed by atoms with Crippen molar-refractivity contribution in [3.63, 3.8) is 0 Å². The van der Waals surface area contributed by atoms with Crippen molar-refractivity contribution in [3.8, 4) is 5.69 Å². The molecule has 0 atom stereocenters. The van der Waals surface area contributed by atoms with Crippen LogP contribution in [0, 0.1) is 0 Å². The molecule has 0 saturated heterocycles. The van der Waals surface area contributed by atoms with Crippen LogP contribution in [0.25, 0.3) is 5.69 Å². The number of para-hydroxylation sites is 1. The van der Waals surface area contributed by atoms with Crippen molar-refractivity contribution < 1.29 is 14.7 Å². The molecule has 24 heavy (non-hydrogen) atoms. The number of aromatic nitrogens is 3. The second-order valence-corrected chi connectivity index (χ2v) is 6.21. The lowest BCUT2D eigenvalue weighted by Gasteiger charge is -2.13. The van der Waals surface area contributed by atoms with Gasteiger partial charge in [0.1, 0.15) is 5.82 Å². The van der Waals surface area contributed by atoms with Gasteiger partial charge in [-0.2, -0.15) is 0 Å². The van der Waals surface area contributed by atoms with Crippen LogP contribution in [-0.4, -0.2) is 50.2 Å². The second-order valence-electron chi connectivity index (χ2n) is 5.80. The first-order valence-electron chi connectivity index (χ1n) is 7.66. The fraction of sp³-hybridized carbons (Fsp3) is 0.375. The van der Waals surface area contributed by atoms with Crippen LogP contribution in [-0.2, 0) is 4.79 Å². The molecule has 1 aliphatic rings. The number of carbonyl (C=O) groups is 2. The van der Waals surface area contributed by atoms with Gasteiger partial charge in [-0.3, -0.25) is 9.59 Å². The summed E-state index contributed by atoms with van der Waals surface area (Å²) in [5, 5.41) is 13.6. The van der Waals surface area contributed by atoms with Gasteiger partial charge in [0.05, 0.1) is 17.1 Å². The molecular weight excluding hydrogens is 332 g/mol. The van der Waals surface area contributed by atoms with E-state index in [2.05, 4.69) is 10.1 Å². The first kappa shape index (κ1) is 16.4. The molecule has 2 aromatic rings. The maximum Gasteiger partial charge on any atom is 0.305 e. The summed E-state index contributed by atoms with van der Waals surface area (Å²) in [5.41, 5.74) is 0.681. The SMILES string of the molecule is CN(CCC(=O)O)C(=O)c1nc(C2CC2)n(-c2ccccc2Cl)n1. The van der Waals surface area contributed by atoms with E-state index in [9.17, 15) is 9.59 Å². The highest BCUT2D eigenvalue weighted by Gasteiger charge is 2.32. The lowest BCUT2D eigenvalue weighted by molar-refractivity contribution is -0.137. The summed E-state index contributed by atoms with van der Waals surface area (Å²) in [6.07, 6.45) is 1.89. The smallest absolute Gasteiger partial charge is 0.305 e. The number of amides is 1. The Kier molecular flexibility index (Phi) is 4.53. The lowest BCUT2D eigenvalue weighted by atomic mass is 10.3. The molecule has 0 unspecified atom stereocenters. The van der Waals surface area contributed by atoms with Crippen LogP contribution >= 0.6 is 11.6 Å². The molecule has 1 fully saturated rings. The number of nitrogens with zero attached hydrogens (tertiary/aromatic N) is 4. The van der Waals surface area contributed by atoms with Crippen molar-refractivity contribution in [1.29, 1.82) is 0 Å². The quantitative estimate of drug-likeness (QED) is 0.865. The summed E-state index contributed by atoms with van der Waals surface area (Å²) in [7, 11) is 1.54. The molecule has 8 heteroatoms. The molecule has 1 heterocycles. The Labute approximate surface area is 143 Å². The predicted octanol–water partition coefficient (Wildman–Crippen LogP) is 2.34. The highest BCUT2D eigenvalue weighted by Crippen LogP contribution is 2.40. The molecule has 0 radical (unpaired) electrons. The third-order valence-corrected chi connectivity index (χ3v) is 4.17. The Bertz CT molecular complexity index is 785. The maximum atomic E-state index is 12.4. The molecule has 0 bridgehead atoms. The third-order valence-electron chi connectivity index (χ3n) is 3.85. The predicted molar refractivity (Wildman–Crippen MR) is 87.6 cm³/mol. The van der Waals surface area contributed by atoms with E-state index >= 15 is 0 Å². The zero-order valence-electron chi connectivity index (χ0n) is 13.1. The number of rotatable bonds is 6. The van der Waals surface area contributed by atoms with Gasteiger partial charge in [0.15, 0.2) is 0 Å². The van der Waals surface area contributed by atoms with E-state index in [0.29, 0.717) is 10.7 Å². The van der Waals surface area contributed by atoms with Gasteiger partial charge < -0.3 is 10.0 Å². The molecule has 7 nitrogen and oxygen atoms in total. The van der Waals surface area contributed by atoms with Crippen molar-refractivity contribution in [2.24, 2.45) is 0 Å². The van der Waals surface area contributed by atoms with Crippen LogP contribution in [0.4, 0.5) is 0 Å². The normalized spacial score (nSPS) is 13.8. The number of aliphatic carboxylic acids is 1. The fourth-order valence-electron chi connectivity index (χ4n) is 2.36. The standard InChI is InChI=1S/C16H17ClN4O3/c1-20(9-8-13(22)23)16(24)14-18-15(10-6-7-10)21(19-14)12-5-3-2-4-11(12)17/h2-5,10H,6-9H2,1H3,(H,22,23). The first-order chi connectivity index (χ1) is 11.5. The Morgan fingerprint density at radius 3 is 2.71 bits per heavy atom. The largest absolute Gasteiger partial charge is 0.481 e. The maximum absolute atomic E-state index is 12.4. The Morgan fingerprint density at radius 2 is 2.08 bits per heavy atom.